The van der Waals surface area contributed by atoms with Gasteiger partial charge in [-0.25, -0.2) is 9.78 Å². The van der Waals surface area contributed by atoms with Crippen LogP contribution in [-0.4, -0.2) is 74.0 Å². The number of rotatable bonds is 6. The monoisotopic (exact) mass is 613 g/mol. The predicted octanol–water partition coefficient (Wildman–Crippen LogP) is 4.61. The molecule has 4 heterocycles. The normalized spacial score (nSPS) is 16.7. The fourth-order valence-corrected chi connectivity index (χ4v) is 5.42. The summed E-state index contributed by atoms with van der Waals surface area (Å²) in [7, 11) is 0. The van der Waals surface area contributed by atoms with Gasteiger partial charge in [0.2, 0.25) is 0 Å². The molecule has 2 aliphatic heterocycles. The van der Waals surface area contributed by atoms with Crippen molar-refractivity contribution < 1.29 is 14.4 Å². The van der Waals surface area contributed by atoms with Crippen molar-refractivity contribution in [2.24, 2.45) is 0 Å². The highest BCUT2D eigenvalue weighted by Gasteiger charge is 2.28. The molecule has 2 saturated heterocycles. The van der Waals surface area contributed by atoms with Crippen LogP contribution in [0.15, 0.2) is 66.5 Å². The van der Waals surface area contributed by atoms with Crippen LogP contribution in [-0.2, 0) is 4.79 Å². The Hall–Kier alpha value is -4.94. The molecule has 13 heteroatoms. The van der Waals surface area contributed by atoms with E-state index < -0.39 is 11.9 Å². The molecule has 0 unspecified atom stereocenters. The quantitative estimate of drug-likeness (QED) is 0.183. The molecule has 0 spiro atoms. The molecule has 2 aromatic heterocycles. The molecule has 226 valence electrons. The first kappa shape index (κ1) is 29.1. The zero-order valence-corrected chi connectivity index (χ0v) is 25.3. The maximum Gasteiger partial charge on any atom is 0.326 e. The lowest BCUT2D eigenvalue weighted by Crippen LogP contribution is -2.54. The molecule has 2 fully saturated rings. The van der Waals surface area contributed by atoms with Crippen LogP contribution in [0.5, 0.6) is 0 Å². The number of amides is 4. The summed E-state index contributed by atoms with van der Waals surface area (Å²) in [6, 6.07) is 15.8. The van der Waals surface area contributed by atoms with E-state index >= 15 is 0 Å². The summed E-state index contributed by atoms with van der Waals surface area (Å²) in [6.45, 7) is 9.56. The van der Waals surface area contributed by atoms with E-state index in [0.717, 1.165) is 18.8 Å². The average molecular weight is 614 g/mol. The molecule has 6 rings (SSSR count). The number of hydrogen-bond acceptors (Lipinski definition) is 8. The van der Waals surface area contributed by atoms with E-state index in [-0.39, 0.29) is 17.1 Å². The topological polar surface area (TPSA) is 136 Å². The Kier molecular flexibility index (Phi) is 7.70. The second-order valence-corrected chi connectivity index (χ2v) is 12.1. The number of imide groups is 1. The van der Waals surface area contributed by atoms with Gasteiger partial charge in [0, 0.05) is 65.3 Å². The number of carbonyl (C=O) groups is 3. The molecule has 2 aromatic carbocycles. The smallest absolute Gasteiger partial charge is 0.326 e. The van der Waals surface area contributed by atoms with E-state index in [2.05, 4.69) is 52.0 Å². The maximum absolute atomic E-state index is 13.4. The summed E-state index contributed by atoms with van der Waals surface area (Å²) in [5.41, 5.74) is 3.07. The van der Waals surface area contributed by atoms with Gasteiger partial charge in [-0.05, 0) is 63.2 Å². The van der Waals surface area contributed by atoms with Gasteiger partial charge in [-0.1, -0.05) is 23.7 Å². The van der Waals surface area contributed by atoms with Crippen molar-refractivity contribution in [2.45, 2.75) is 26.3 Å². The van der Waals surface area contributed by atoms with Crippen LogP contribution in [0, 0.1) is 0 Å². The molecule has 2 aliphatic rings. The SMILES string of the molecule is CC(C)(C)N1CCN(C(=O)c2cccc(Nc3cc(Nc4cccc(Cl)c4)nc4c(C=C5NC(=O)NC5=O)cnn34)c2)CC1. The lowest BCUT2D eigenvalue weighted by atomic mass is 10.0. The van der Waals surface area contributed by atoms with Crippen molar-refractivity contribution in [1.29, 1.82) is 0 Å². The van der Waals surface area contributed by atoms with Crippen LogP contribution in [0.2, 0.25) is 5.02 Å². The minimum absolute atomic E-state index is 0.0183. The van der Waals surface area contributed by atoms with Gasteiger partial charge in [0.05, 0.1) is 6.20 Å². The van der Waals surface area contributed by atoms with Crippen molar-refractivity contribution >= 4 is 64.2 Å². The van der Waals surface area contributed by atoms with Crippen molar-refractivity contribution in [3.8, 4) is 0 Å². The van der Waals surface area contributed by atoms with E-state index in [1.165, 1.54) is 6.08 Å². The summed E-state index contributed by atoms with van der Waals surface area (Å²) < 4.78 is 1.59. The van der Waals surface area contributed by atoms with Gasteiger partial charge < -0.3 is 20.9 Å². The van der Waals surface area contributed by atoms with E-state index in [1.54, 1.807) is 28.9 Å². The van der Waals surface area contributed by atoms with E-state index in [1.807, 2.05) is 41.3 Å². The highest BCUT2D eigenvalue weighted by molar-refractivity contribution is 6.30. The Morgan fingerprint density at radius 2 is 1.68 bits per heavy atom. The Balaban J connectivity index is 1.31. The third-order valence-corrected chi connectivity index (χ3v) is 7.75. The first-order valence-corrected chi connectivity index (χ1v) is 14.6. The lowest BCUT2D eigenvalue weighted by molar-refractivity contribution is -0.115. The number of nitrogens with one attached hydrogen (secondary N) is 4. The summed E-state index contributed by atoms with van der Waals surface area (Å²) in [5.74, 6) is 0.469. The fourth-order valence-electron chi connectivity index (χ4n) is 5.23. The van der Waals surface area contributed by atoms with Crippen LogP contribution in [0.4, 0.5) is 27.8 Å². The number of benzene rings is 2. The molecule has 0 saturated carbocycles. The number of carbonyl (C=O) groups excluding carboxylic acids is 3. The average Bonchev–Trinajstić information content (AvgIpc) is 3.53. The van der Waals surface area contributed by atoms with Gasteiger partial charge in [-0.3, -0.25) is 19.8 Å². The van der Waals surface area contributed by atoms with Crippen molar-refractivity contribution in [2.75, 3.05) is 36.8 Å². The van der Waals surface area contributed by atoms with Gasteiger partial charge >= 0.3 is 6.03 Å². The minimum atomic E-state index is -0.595. The number of urea groups is 1. The van der Waals surface area contributed by atoms with Crippen molar-refractivity contribution in [1.82, 2.24) is 35.0 Å². The minimum Gasteiger partial charge on any atom is -0.340 e. The lowest BCUT2D eigenvalue weighted by Gasteiger charge is -2.42. The predicted molar refractivity (Wildman–Crippen MR) is 169 cm³/mol. The molecule has 44 heavy (non-hydrogen) atoms. The van der Waals surface area contributed by atoms with Crippen LogP contribution < -0.4 is 21.3 Å². The zero-order chi connectivity index (χ0) is 31.0. The number of hydrogen-bond donors (Lipinski definition) is 4. The number of aromatic nitrogens is 3. The summed E-state index contributed by atoms with van der Waals surface area (Å²) in [4.78, 5) is 46.3. The molecule has 0 bridgehead atoms. The van der Waals surface area contributed by atoms with Gasteiger partial charge in [0.25, 0.3) is 11.8 Å². The zero-order valence-electron chi connectivity index (χ0n) is 24.5. The second kappa shape index (κ2) is 11.6. The Labute approximate surface area is 259 Å². The fraction of sp³-hybridized carbons (Fsp3) is 0.258. The molecule has 4 aromatic rings. The van der Waals surface area contributed by atoms with Gasteiger partial charge in [-0.2, -0.15) is 9.61 Å². The van der Waals surface area contributed by atoms with E-state index in [4.69, 9.17) is 16.6 Å². The van der Waals surface area contributed by atoms with Gasteiger partial charge in [-0.15, -0.1) is 0 Å². The molecule has 0 atom stereocenters. The standard InChI is InChI=1S/C31H32ClN9O3/c1-31(2,3)40-12-10-39(11-13-40)29(43)19-6-4-8-22(14-19)35-26-17-25(34-23-9-5-7-21(32)16-23)37-27-20(18-33-41(26)27)15-24-28(42)38-30(44)36-24/h4-9,14-18,35H,10-13H2,1-3H3,(H,34,37)(H2,36,38,42,44). The van der Waals surface area contributed by atoms with Crippen molar-refractivity contribution in [3.63, 3.8) is 0 Å². The van der Waals surface area contributed by atoms with Gasteiger partial charge in [0.1, 0.15) is 17.3 Å². The molecule has 12 nitrogen and oxygen atoms in total. The number of nitrogens with zero attached hydrogens (tertiary/aromatic N) is 5. The Morgan fingerprint density at radius 3 is 2.36 bits per heavy atom. The first-order valence-electron chi connectivity index (χ1n) is 14.2. The molecule has 0 radical (unpaired) electrons. The third-order valence-electron chi connectivity index (χ3n) is 7.51. The van der Waals surface area contributed by atoms with E-state index in [0.29, 0.717) is 52.2 Å². The third kappa shape index (κ3) is 6.21. The molecule has 4 N–H and O–H groups in total. The van der Waals surface area contributed by atoms with Crippen LogP contribution in [0.3, 0.4) is 0 Å². The van der Waals surface area contributed by atoms with Crippen molar-refractivity contribution in [3.05, 3.63) is 82.6 Å². The molecular formula is C31H32ClN9O3. The number of halogens is 1. The van der Waals surface area contributed by atoms with E-state index in [9.17, 15) is 14.4 Å². The molecule has 0 aliphatic carbocycles. The second-order valence-electron chi connectivity index (χ2n) is 11.6. The molecular weight excluding hydrogens is 582 g/mol. The highest BCUT2D eigenvalue weighted by atomic mass is 35.5. The summed E-state index contributed by atoms with van der Waals surface area (Å²) >= 11 is 6.20. The Morgan fingerprint density at radius 1 is 0.955 bits per heavy atom. The first-order chi connectivity index (χ1) is 21.0. The maximum atomic E-state index is 13.4. The summed E-state index contributed by atoms with van der Waals surface area (Å²) in [5, 5.41) is 16.4. The van der Waals surface area contributed by atoms with Gasteiger partial charge in [0.15, 0.2) is 5.65 Å². The number of piperazine rings is 1. The van der Waals surface area contributed by atoms with Crippen LogP contribution >= 0.6 is 11.6 Å². The van der Waals surface area contributed by atoms with Crippen LogP contribution in [0.25, 0.3) is 11.7 Å². The number of fused-ring (bicyclic) bond motifs is 1. The summed E-state index contributed by atoms with van der Waals surface area (Å²) in [6.07, 6.45) is 3.07. The molecule has 4 amide bonds. The number of anilines is 4. The largest absolute Gasteiger partial charge is 0.340 e. The highest BCUT2D eigenvalue weighted by Crippen LogP contribution is 2.27. The van der Waals surface area contributed by atoms with Crippen LogP contribution in [0.1, 0.15) is 36.7 Å². The Bertz CT molecular complexity index is 1800.